The van der Waals surface area contributed by atoms with Crippen molar-refractivity contribution in [1.29, 1.82) is 0 Å². The first kappa shape index (κ1) is 14.3. The van der Waals surface area contributed by atoms with Crippen molar-refractivity contribution in [3.8, 4) is 11.3 Å². The minimum atomic E-state index is -1.05. The van der Waals surface area contributed by atoms with Gasteiger partial charge in [-0.1, -0.05) is 0 Å². The number of nitrogens with zero attached hydrogens (tertiary/aromatic N) is 3. The summed E-state index contributed by atoms with van der Waals surface area (Å²) in [5, 5.41) is 15.2. The minimum absolute atomic E-state index is 0.0948. The van der Waals surface area contributed by atoms with Crippen LogP contribution in [0.5, 0.6) is 0 Å². The van der Waals surface area contributed by atoms with E-state index in [-0.39, 0.29) is 5.56 Å². The molecule has 112 valence electrons. The number of hydrogen-bond acceptors (Lipinski definition) is 4. The van der Waals surface area contributed by atoms with Gasteiger partial charge in [-0.25, -0.2) is 18.6 Å². The fourth-order valence-corrected chi connectivity index (χ4v) is 2.66. The molecule has 1 aromatic carbocycles. The van der Waals surface area contributed by atoms with Crippen LogP contribution < -0.4 is 0 Å². The predicted molar refractivity (Wildman–Crippen MR) is 75.8 cm³/mol. The molecule has 0 saturated heterocycles. The maximum Gasteiger partial charge on any atom is 0.338 e. The Morgan fingerprint density at radius 1 is 1.32 bits per heavy atom. The largest absolute Gasteiger partial charge is 0.478 e. The number of rotatable bonds is 4. The lowest BCUT2D eigenvalue weighted by Gasteiger charge is -1.98. The molecular weight excluding hydrogens is 312 g/mol. The van der Waals surface area contributed by atoms with E-state index in [1.54, 1.807) is 5.38 Å². The Hall–Kier alpha value is -2.61. The van der Waals surface area contributed by atoms with Crippen LogP contribution in [0.4, 0.5) is 8.78 Å². The molecule has 0 aliphatic carbocycles. The standard InChI is InChI=1S/C14H9F2N3O2S/c15-10-2-1-8(3-11(10)16)12-7-22-13(18-12)6-19-5-9(4-17-19)14(20)21/h1-5,7H,6H2,(H,20,21). The molecule has 2 heterocycles. The molecule has 0 atom stereocenters. The highest BCUT2D eigenvalue weighted by Crippen LogP contribution is 2.24. The molecule has 0 fully saturated rings. The normalized spacial score (nSPS) is 10.8. The summed E-state index contributed by atoms with van der Waals surface area (Å²) in [5.74, 6) is -2.88. The summed E-state index contributed by atoms with van der Waals surface area (Å²) in [4.78, 5) is 15.1. The molecule has 0 aliphatic heterocycles. The first-order valence-electron chi connectivity index (χ1n) is 6.18. The van der Waals surface area contributed by atoms with E-state index in [2.05, 4.69) is 10.1 Å². The second-order valence-corrected chi connectivity index (χ2v) is 5.43. The van der Waals surface area contributed by atoms with E-state index in [0.717, 1.165) is 12.1 Å². The van der Waals surface area contributed by atoms with Crippen LogP contribution in [0, 0.1) is 11.6 Å². The van der Waals surface area contributed by atoms with Gasteiger partial charge in [0.15, 0.2) is 11.6 Å². The van der Waals surface area contributed by atoms with Crippen LogP contribution in [0.1, 0.15) is 15.4 Å². The molecule has 0 radical (unpaired) electrons. The van der Waals surface area contributed by atoms with Crippen molar-refractivity contribution in [2.75, 3.05) is 0 Å². The van der Waals surface area contributed by atoms with E-state index in [4.69, 9.17) is 5.11 Å². The van der Waals surface area contributed by atoms with Crippen LogP contribution in [0.3, 0.4) is 0 Å². The molecule has 0 saturated carbocycles. The van der Waals surface area contributed by atoms with Gasteiger partial charge < -0.3 is 5.11 Å². The van der Waals surface area contributed by atoms with Gasteiger partial charge >= 0.3 is 5.97 Å². The Balaban J connectivity index is 1.80. The van der Waals surface area contributed by atoms with Gasteiger partial charge in [0.2, 0.25) is 0 Å². The Kier molecular flexibility index (Phi) is 3.68. The van der Waals surface area contributed by atoms with E-state index >= 15 is 0 Å². The quantitative estimate of drug-likeness (QED) is 0.802. The maximum atomic E-state index is 13.2. The van der Waals surface area contributed by atoms with Crippen molar-refractivity contribution < 1.29 is 18.7 Å². The van der Waals surface area contributed by atoms with Crippen molar-refractivity contribution in [2.45, 2.75) is 6.54 Å². The van der Waals surface area contributed by atoms with Crippen LogP contribution in [-0.4, -0.2) is 25.8 Å². The summed E-state index contributed by atoms with van der Waals surface area (Å²) in [6, 6.07) is 3.59. The number of carboxylic acid groups (broad SMARTS) is 1. The fraction of sp³-hybridized carbons (Fsp3) is 0.0714. The lowest BCUT2D eigenvalue weighted by molar-refractivity contribution is 0.0697. The van der Waals surface area contributed by atoms with E-state index in [1.807, 2.05) is 0 Å². The smallest absolute Gasteiger partial charge is 0.338 e. The number of carbonyl (C=O) groups is 1. The summed E-state index contributed by atoms with van der Waals surface area (Å²) in [5.41, 5.74) is 1.11. The maximum absolute atomic E-state index is 13.2. The van der Waals surface area contributed by atoms with Gasteiger partial charge in [-0.05, 0) is 18.2 Å². The second kappa shape index (κ2) is 5.64. The lowest BCUT2D eigenvalue weighted by atomic mass is 10.2. The van der Waals surface area contributed by atoms with Crippen LogP contribution >= 0.6 is 11.3 Å². The number of benzene rings is 1. The van der Waals surface area contributed by atoms with Gasteiger partial charge in [0.05, 0.1) is 24.0 Å². The Bertz CT molecular complexity index is 844. The zero-order chi connectivity index (χ0) is 15.7. The molecule has 8 heteroatoms. The monoisotopic (exact) mass is 321 g/mol. The topological polar surface area (TPSA) is 68.0 Å². The number of carboxylic acids is 1. The van der Waals surface area contributed by atoms with Crippen LogP contribution in [-0.2, 0) is 6.54 Å². The van der Waals surface area contributed by atoms with Gasteiger partial charge in [0.25, 0.3) is 0 Å². The molecule has 3 rings (SSSR count). The summed E-state index contributed by atoms with van der Waals surface area (Å²) >= 11 is 1.33. The Morgan fingerprint density at radius 2 is 2.14 bits per heavy atom. The van der Waals surface area contributed by atoms with Gasteiger partial charge in [0, 0.05) is 17.1 Å². The van der Waals surface area contributed by atoms with Gasteiger partial charge in [0.1, 0.15) is 5.01 Å². The van der Waals surface area contributed by atoms with Crippen molar-refractivity contribution in [3.05, 3.63) is 58.2 Å². The molecule has 2 aromatic heterocycles. The third kappa shape index (κ3) is 2.86. The number of aromatic nitrogens is 3. The van der Waals surface area contributed by atoms with Crippen LogP contribution in [0.2, 0.25) is 0 Å². The van der Waals surface area contributed by atoms with Crippen molar-refractivity contribution in [1.82, 2.24) is 14.8 Å². The van der Waals surface area contributed by atoms with E-state index in [1.165, 1.54) is 34.5 Å². The number of thiazole rings is 1. The molecule has 22 heavy (non-hydrogen) atoms. The van der Waals surface area contributed by atoms with E-state index < -0.39 is 17.6 Å². The van der Waals surface area contributed by atoms with Gasteiger partial charge in [-0.2, -0.15) is 5.10 Å². The summed E-state index contributed by atoms with van der Waals surface area (Å²) < 4.78 is 27.6. The SMILES string of the molecule is O=C(O)c1cnn(Cc2nc(-c3ccc(F)c(F)c3)cs2)c1. The average Bonchev–Trinajstić information content (AvgIpc) is 3.12. The summed E-state index contributed by atoms with van der Waals surface area (Å²) in [7, 11) is 0. The number of hydrogen-bond donors (Lipinski definition) is 1. The highest BCUT2D eigenvalue weighted by atomic mass is 32.1. The molecule has 0 unspecified atom stereocenters. The minimum Gasteiger partial charge on any atom is -0.478 e. The van der Waals surface area contributed by atoms with Crippen molar-refractivity contribution in [3.63, 3.8) is 0 Å². The summed E-state index contributed by atoms with van der Waals surface area (Å²) in [6.07, 6.45) is 2.66. The molecule has 0 aliphatic rings. The lowest BCUT2D eigenvalue weighted by Crippen LogP contribution is -2.00. The van der Waals surface area contributed by atoms with Crippen molar-refractivity contribution >= 4 is 17.3 Å². The third-order valence-corrected chi connectivity index (χ3v) is 3.78. The summed E-state index contributed by atoms with van der Waals surface area (Å²) in [6.45, 7) is 0.307. The number of aromatic carboxylic acids is 1. The fourth-order valence-electron chi connectivity index (χ4n) is 1.87. The molecule has 0 amide bonds. The van der Waals surface area contributed by atoms with Crippen LogP contribution in [0.15, 0.2) is 36.0 Å². The van der Waals surface area contributed by atoms with E-state index in [0.29, 0.717) is 22.8 Å². The number of halogens is 2. The first-order chi connectivity index (χ1) is 10.5. The Morgan fingerprint density at radius 3 is 2.82 bits per heavy atom. The molecule has 3 aromatic rings. The highest BCUT2D eigenvalue weighted by Gasteiger charge is 2.10. The molecule has 1 N–H and O–H groups in total. The highest BCUT2D eigenvalue weighted by molar-refractivity contribution is 7.09. The average molecular weight is 321 g/mol. The zero-order valence-corrected chi connectivity index (χ0v) is 11.8. The second-order valence-electron chi connectivity index (χ2n) is 4.49. The van der Waals surface area contributed by atoms with Gasteiger partial charge in [-0.3, -0.25) is 4.68 Å². The third-order valence-electron chi connectivity index (χ3n) is 2.94. The van der Waals surface area contributed by atoms with Crippen LogP contribution in [0.25, 0.3) is 11.3 Å². The molecule has 0 bridgehead atoms. The van der Waals surface area contributed by atoms with Gasteiger partial charge in [-0.15, -0.1) is 11.3 Å². The first-order valence-corrected chi connectivity index (χ1v) is 7.06. The molecule has 5 nitrogen and oxygen atoms in total. The van der Waals surface area contributed by atoms with Crippen molar-refractivity contribution in [2.24, 2.45) is 0 Å². The Labute approximate surface area is 127 Å². The van der Waals surface area contributed by atoms with E-state index in [9.17, 15) is 13.6 Å². The molecule has 0 spiro atoms. The zero-order valence-electron chi connectivity index (χ0n) is 11.0. The predicted octanol–water partition coefficient (Wildman–Crippen LogP) is 3.03. The molecular formula is C14H9F2N3O2S.